The normalized spacial score (nSPS) is 17.3. The molecule has 1 aliphatic rings. The quantitative estimate of drug-likeness (QED) is 0.152. The van der Waals surface area contributed by atoms with Crippen LogP contribution in [0.1, 0.15) is 57.1 Å². The minimum atomic E-state index is -5.07. The lowest BCUT2D eigenvalue weighted by Crippen LogP contribution is -2.58. The van der Waals surface area contributed by atoms with Crippen molar-refractivity contribution in [1.29, 1.82) is 0 Å². The van der Waals surface area contributed by atoms with E-state index in [1.165, 1.54) is 0 Å². The molecular formula is C37H45F3N4O6. The van der Waals surface area contributed by atoms with Crippen LogP contribution in [0.4, 0.5) is 18.0 Å². The highest BCUT2D eigenvalue weighted by Crippen LogP contribution is 2.28. The average molecular weight is 699 g/mol. The number of piperidine rings is 1. The van der Waals surface area contributed by atoms with Crippen LogP contribution in [0.5, 0.6) is 0 Å². The third-order valence-electron chi connectivity index (χ3n) is 8.73. The van der Waals surface area contributed by atoms with Crippen LogP contribution in [0.25, 0.3) is 10.8 Å². The minimum absolute atomic E-state index is 0.0464. The van der Waals surface area contributed by atoms with Crippen molar-refractivity contribution in [1.82, 2.24) is 21.3 Å². The van der Waals surface area contributed by atoms with Gasteiger partial charge < -0.3 is 31.1 Å². The number of benzene rings is 3. The third kappa shape index (κ3) is 11.2. The van der Waals surface area contributed by atoms with E-state index in [4.69, 9.17) is 4.74 Å². The number of halogens is 3. The highest BCUT2D eigenvalue weighted by molar-refractivity contribution is 5.92. The van der Waals surface area contributed by atoms with Crippen LogP contribution in [0.3, 0.4) is 0 Å². The summed E-state index contributed by atoms with van der Waals surface area (Å²) in [5, 5.41) is 22.3. The summed E-state index contributed by atoms with van der Waals surface area (Å²) in [6.07, 6.45) is -7.94. The maximum Gasteiger partial charge on any atom is 0.416 e. The molecular weight excluding hydrogens is 653 g/mol. The number of aryl methyl sites for hydroxylation is 1. The summed E-state index contributed by atoms with van der Waals surface area (Å²) in [4.78, 5) is 52.7. The van der Waals surface area contributed by atoms with E-state index in [9.17, 15) is 37.5 Å². The molecule has 0 aliphatic carbocycles. The van der Waals surface area contributed by atoms with Crippen LogP contribution in [-0.2, 0) is 32.1 Å². The number of alkyl halides is 3. The van der Waals surface area contributed by atoms with Gasteiger partial charge in [-0.15, -0.1) is 0 Å². The summed E-state index contributed by atoms with van der Waals surface area (Å²) in [6.45, 7) is 3.90. The van der Waals surface area contributed by atoms with Gasteiger partial charge in [0.15, 0.2) is 6.10 Å². The summed E-state index contributed by atoms with van der Waals surface area (Å²) in [7, 11) is 0. The van der Waals surface area contributed by atoms with E-state index in [1.54, 1.807) is 38.1 Å². The van der Waals surface area contributed by atoms with Gasteiger partial charge in [-0.1, -0.05) is 86.6 Å². The van der Waals surface area contributed by atoms with Gasteiger partial charge in [-0.05, 0) is 66.3 Å². The Kier molecular flexibility index (Phi) is 13.6. The molecule has 1 saturated heterocycles. The van der Waals surface area contributed by atoms with Gasteiger partial charge in [-0.25, -0.2) is 4.79 Å². The van der Waals surface area contributed by atoms with E-state index in [1.807, 2.05) is 48.5 Å². The summed E-state index contributed by atoms with van der Waals surface area (Å²) in [6, 6.07) is 18.1. The molecule has 4 rings (SSSR count). The van der Waals surface area contributed by atoms with Gasteiger partial charge in [0.2, 0.25) is 17.7 Å². The van der Waals surface area contributed by atoms with Crippen LogP contribution < -0.4 is 21.3 Å². The van der Waals surface area contributed by atoms with Gasteiger partial charge in [0, 0.05) is 12.5 Å². The molecule has 270 valence electrons. The van der Waals surface area contributed by atoms with Crippen molar-refractivity contribution >= 4 is 34.6 Å². The number of amides is 4. The first-order valence-corrected chi connectivity index (χ1v) is 16.9. The zero-order valence-corrected chi connectivity index (χ0v) is 28.2. The second-order valence-corrected chi connectivity index (χ2v) is 13.1. The number of ether oxygens (including phenoxy) is 1. The fraction of sp³-hybridized carbons (Fsp3) is 0.459. The van der Waals surface area contributed by atoms with Crippen molar-refractivity contribution in [3.8, 4) is 0 Å². The summed E-state index contributed by atoms with van der Waals surface area (Å²) >= 11 is 0. The number of aliphatic hydroxyl groups is 1. The SMILES string of the molecule is CC(C)C[C@H](NC(=O)[C@H](CCc1cccc2ccccc12)NC(=O)OCc1ccccc1)C(=O)N[C@@H](C[C@@H]1CCCNC1=O)C(O)C(F)(F)F. The molecule has 4 amide bonds. The fourth-order valence-corrected chi connectivity index (χ4v) is 6.11. The molecule has 13 heteroatoms. The first-order chi connectivity index (χ1) is 23.8. The Bertz CT molecular complexity index is 1600. The Balaban J connectivity index is 1.52. The number of rotatable bonds is 15. The molecule has 5 atom stereocenters. The molecule has 5 N–H and O–H groups in total. The maximum atomic E-state index is 13.8. The molecule has 3 aromatic rings. The van der Waals surface area contributed by atoms with Crippen molar-refractivity contribution in [3.63, 3.8) is 0 Å². The van der Waals surface area contributed by atoms with Crippen molar-refractivity contribution < 1.29 is 42.2 Å². The monoisotopic (exact) mass is 698 g/mol. The Hall–Kier alpha value is -4.65. The molecule has 0 radical (unpaired) electrons. The van der Waals surface area contributed by atoms with E-state index >= 15 is 0 Å². The molecule has 0 aromatic heterocycles. The maximum absolute atomic E-state index is 13.8. The molecule has 10 nitrogen and oxygen atoms in total. The summed E-state index contributed by atoms with van der Waals surface area (Å²) in [5.41, 5.74) is 1.65. The van der Waals surface area contributed by atoms with Crippen molar-refractivity contribution in [2.75, 3.05) is 6.54 Å². The van der Waals surface area contributed by atoms with Gasteiger partial charge in [0.25, 0.3) is 0 Å². The molecule has 1 aliphatic heterocycles. The number of aliphatic hydroxyl groups excluding tert-OH is 1. The third-order valence-corrected chi connectivity index (χ3v) is 8.73. The van der Waals surface area contributed by atoms with E-state index < -0.39 is 66.6 Å². The fourth-order valence-electron chi connectivity index (χ4n) is 6.11. The van der Waals surface area contributed by atoms with Gasteiger partial charge in [-0.2, -0.15) is 13.2 Å². The Morgan fingerprint density at radius 1 is 0.920 bits per heavy atom. The molecule has 0 spiro atoms. The summed E-state index contributed by atoms with van der Waals surface area (Å²) < 4.78 is 46.5. The first kappa shape index (κ1) is 38.2. The Morgan fingerprint density at radius 3 is 2.30 bits per heavy atom. The van der Waals surface area contributed by atoms with E-state index in [0.29, 0.717) is 25.8 Å². The molecule has 1 fully saturated rings. The van der Waals surface area contributed by atoms with Gasteiger partial charge in [0.1, 0.15) is 18.7 Å². The predicted molar refractivity (Wildman–Crippen MR) is 182 cm³/mol. The number of nitrogens with one attached hydrogen (secondary N) is 4. The Labute approximate surface area is 289 Å². The van der Waals surface area contributed by atoms with Crippen molar-refractivity contribution in [2.45, 2.75) is 89.4 Å². The lowest BCUT2D eigenvalue weighted by atomic mass is 9.89. The number of hydrogen-bond donors (Lipinski definition) is 5. The van der Waals surface area contributed by atoms with Crippen molar-refractivity contribution in [2.24, 2.45) is 11.8 Å². The number of fused-ring (bicyclic) bond motifs is 1. The topological polar surface area (TPSA) is 146 Å². The minimum Gasteiger partial charge on any atom is -0.445 e. The predicted octanol–water partition coefficient (Wildman–Crippen LogP) is 4.92. The van der Waals surface area contributed by atoms with Gasteiger partial charge in [-0.3, -0.25) is 14.4 Å². The standard InChI is InChI=1S/C37H45F3N4O6/c1-23(2)20-31(35(48)42-30(32(45)37(38,39)40)21-27-15-9-19-41-33(27)46)43-34(47)29(44-36(49)50-22-24-10-4-3-5-11-24)18-17-26-14-8-13-25-12-6-7-16-28(25)26/h3-8,10-14,16,23,27,29-32,45H,9,15,17-22H2,1-2H3,(H,41,46)(H,42,48)(H,43,47)(H,44,49)/t27-,29-,30-,31-,32?/m0/s1. The van der Waals surface area contributed by atoms with Gasteiger partial charge in [0.05, 0.1) is 6.04 Å². The lowest BCUT2D eigenvalue weighted by Gasteiger charge is -2.32. The smallest absolute Gasteiger partial charge is 0.416 e. The lowest BCUT2D eigenvalue weighted by molar-refractivity contribution is -0.213. The van der Waals surface area contributed by atoms with Crippen LogP contribution >= 0.6 is 0 Å². The molecule has 1 heterocycles. The average Bonchev–Trinajstić information content (AvgIpc) is 3.08. The van der Waals surface area contributed by atoms with Crippen LogP contribution in [0.2, 0.25) is 0 Å². The zero-order valence-electron chi connectivity index (χ0n) is 28.2. The van der Waals surface area contributed by atoms with E-state index in [2.05, 4.69) is 21.3 Å². The molecule has 0 saturated carbocycles. The van der Waals surface area contributed by atoms with Gasteiger partial charge >= 0.3 is 12.3 Å². The number of hydrogen-bond acceptors (Lipinski definition) is 6. The van der Waals surface area contributed by atoms with Crippen LogP contribution in [0, 0.1) is 11.8 Å². The molecule has 0 bridgehead atoms. The molecule has 3 aromatic carbocycles. The highest BCUT2D eigenvalue weighted by Gasteiger charge is 2.46. The molecule has 50 heavy (non-hydrogen) atoms. The number of carbonyl (C=O) groups excluding carboxylic acids is 4. The zero-order chi connectivity index (χ0) is 36.3. The van der Waals surface area contributed by atoms with E-state index in [-0.39, 0.29) is 25.4 Å². The summed E-state index contributed by atoms with van der Waals surface area (Å²) in [5.74, 6) is -3.15. The number of carbonyl (C=O) groups is 4. The van der Waals surface area contributed by atoms with E-state index in [0.717, 1.165) is 21.9 Å². The second kappa shape index (κ2) is 17.8. The van der Waals surface area contributed by atoms with Crippen molar-refractivity contribution in [3.05, 3.63) is 83.9 Å². The number of alkyl carbamates (subject to hydrolysis) is 1. The largest absolute Gasteiger partial charge is 0.445 e. The first-order valence-electron chi connectivity index (χ1n) is 16.9. The molecule has 1 unspecified atom stereocenters. The van der Waals surface area contributed by atoms with Crippen LogP contribution in [-0.4, -0.2) is 65.9 Å². The second-order valence-electron chi connectivity index (χ2n) is 13.1. The van der Waals surface area contributed by atoms with Crippen LogP contribution in [0.15, 0.2) is 72.8 Å². The Morgan fingerprint density at radius 2 is 1.60 bits per heavy atom. The highest BCUT2D eigenvalue weighted by atomic mass is 19.4.